The molecule has 1 heterocycles. The first-order valence-electron chi connectivity index (χ1n) is 4.64. The molecule has 16 heavy (non-hydrogen) atoms. The first kappa shape index (κ1) is 12.6. The molecule has 0 atom stereocenters. The summed E-state index contributed by atoms with van der Waals surface area (Å²) in [5, 5.41) is 0. The maximum Gasteiger partial charge on any atom is 0.390 e. The van der Waals surface area contributed by atoms with E-state index in [0.29, 0.717) is 11.6 Å². The maximum absolute atomic E-state index is 12.0. The van der Waals surface area contributed by atoms with Crippen molar-refractivity contribution < 1.29 is 13.2 Å². The molecular weight excluding hydrogens is 221 g/mol. The lowest BCUT2D eigenvalue weighted by atomic mass is 10.3. The fraction of sp³-hybridized carbons (Fsp3) is 0.444. The van der Waals surface area contributed by atoms with E-state index in [1.807, 2.05) is 0 Å². The van der Waals surface area contributed by atoms with Gasteiger partial charge in [-0.1, -0.05) is 6.07 Å². The topological polar surface area (TPSA) is 54.2 Å². The Morgan fingerprint density at radius 1 is 1.44 bits per heavy atom. The van der Waals surface area contributed by atoms with Gasteiger partial charge in [-0.2, -0.15) is 13.2 Å². The molecule has 1 aromatic rings. The summed E-state index contributed by atoms with van der Waals surface area (Å²) in [7, 11) is 1.55. The number of nitrogens with two attached hydrogens (primary N) is 1. The molecule has 0 aliphatic carbocycles. The van der Waals surface area contributed by atoms with Gasteiger partial charge in [0.05, 0.1) is 6.42 Å². The first-order chi connectivity index (χ1) is 7.42. The van der Waals surface area contributed by atoms with Crippen LogP contribution in [0.25, 0.3) is 0 Å². The first-order valence-corrected chi connectivity index (χ1v) is 4.64. The van der Waals surface area contributed by atoms with Crippen molar-refractivity contribution in [3.05, 3.63) is 18.2 Å². The van der Waals surface area contributed by atoms with Crippen LogP contribution in [0.1, 0.15) is 6.42 Å². The molecule has 0 radical (unpaired) electrons. The second-order valence-corrected chi connectivity index (χ2v) is 3.31. The molecule has 0 amide bonds. The van der Waals surface area contributed by atoms with Gasteiger partial charge >= 0.3 is 6.18 Å². The van der Waals surface area contributed by atoms with Gasteiger partial charge in [-0.15, -0.1) is 0 Å². The Hall–Kier alpha value is -1.50. The highest BCUT2D eigenvalue weighted by molar-refractivity contribution is 5.45. The summed E-state index contributed by atoms with van der Waals surface area (Å²) in [6.45, 7) is -0.134. The van der Waals surface area contributed by atoms with E-state index >= 15 is 0 Å². The van der Waals surface area contributed by atoms with Crippen molar-refractivity contribution in [2.45, 2.75) is 12.6 Å². The van der Waals surface area contributed by atoms with E-state index in [0.717, 1.165) is 0 Å². The highest BCUT2D eigenvalue weighted by Crippen LogP contribution is 2.21. The van der Waals surface area contributed by atoms with Crippen LogP contribution in [0.3, 0.4) is 0 Å². The number of nitrogen functional groups attached to an aromatic ring is 1. The maximum atomic E-state index is 12.0. The van der Waals surface area contributed by atoms with Crippen LogP contribution < -0.4 is 16.2 Å². The van der Waals surface area contributed by atoms with E-state index in [-0.39, 0.29) is 6.54 Å². The summed E-state index contributed by atoms with van der Waals surface area (Å²) < 4.78 is 36.0. The van der Waals surface area contributed by atoms with Crippen LogP contribution in [0.2, 0.25) is 0 Å². The zero-order valence-corrected chi connectivity index (χ0v) is 8.75. The molecule has 0 aromatic carbocycles. The van der Waals surface area contributed by atoms with Gasteiger partial charge < -0.3 is 10.3 Å². The van der Waals surface area contributed by atoms with E-state index in [1.165, 1.54) is 4.90 Å². The normalized spacial score (nSPS) is 11.3. The molecule has 3 N–H and O–H groups in total. The van der Waals surface area contributed by atoms with Crippen LogP contribution in [0.15, 0.2) is 18.2 Å². The predicted octanol–water partition coefficient (Wildman–Crippen LogP) is 1.76. The van der Waals surface area contributed by atoms with E-state index in [2.05, 4.69) is 10.4 Å². The summed E-state index contributed by atoms with van der Waals surface area (Å²) in [4.78, 5) is 5.44. The van der Waals surface area contributed by atoms with Crippen molar-refractivity contribution in [3.63, 3.8) is 0 Å². The Balaban J connectivity index is 2.62. The number of aromatic nitrogens is 1. The standard InChI is InChI=1S/C9H13F3N4/c1-16(6-5-9(10,11)12)8-4-2-3-7(14-8)15-13/h2-4H,5-6,13H2,1H3,(H,14,15). The van der Waals surface area contributed by atoms with Crippen LogP contribution in [0, 0.1) is 0 Å². The molecule has 90 valence electrons. The summed E-state index contributed by atoms with van der Waals surface area (Å²) >= 11 is 0. The minimum atomic E-state index is -4.15. The molecular formula is C9H13F3N4. The number of halogens is 3. The van der Waals surface area contributed by atoms with Gasteiger partial charge in [0.15, 0.2) is 0 Å². The quantitative estimate of drug-likeness (QED) is 0.615. The molecule has 0 unspecified atom stereocenters. The SMILES string of the molecule is CN(CCC(F)(F)F)c1cccc(NN)n1. The smallest absolute Gasteiger partial charge is 0.359 e. The van der Waals surface area contributed by atoms with Gasteiger partial charge in [0.25, 0.3) is 0 Å². The van der Waals surface area contributed by atoms with E-state index in [9.17, 15) is 13.2 Å². The third-order valence-electron chi connectivity index (χ3n) is 2.00. The minimum Gasteiger partial charge on any atom is -0.359 e. The second kappa shape index (κ2) is 5.02. The fourth-order valence-corrected chi connectivity index (χ4v) is 1.13. The van der Waals surface area contributed by atoms with Crippen LogP contribution in [-0.4, -0.2) is 24.8 Å². The van der Waals surface area contributed by atoms with E-state index in [1.54, 1.807) is 25.2 Å². The van der Waals surface area contributed by atoms with Crippen molar-refractivity contribution in [2.24, 2.45) is 5.84 Å². The van der Waals surface area contributed by atoms with Crippen molar-refractivity contribution in [1.29, 1.82) is 0 Å². The minimum absolute atomic E-state index is 0.134. The predicted molar refractivity (Wildman–Crippen MR) is 56.0 cm³/mol. The Morgan fingerprint density at radius 2 is 2.12 bits per heavy atom. The van der Waals surface area contributed by atoms with Gasteiger partial charge in [0.1, 0.15) is 11.6 Å². The molecule has 0 fully saturated rings. The van der Waals surface area contributed by atoms with Crippen molar-refractivity contribution in [3.8, 4) is 0 Å². The average molecular weight is 234 g/mol. The van der Waals surface area contributed by atoms with Crippen molar-refractivity contribution in [2.75, 3.05) is 23.9 Å². The molecule has 0 aliphatic heterocycles. The lowest BCUT2D eigenvalue weighted by Gasteiger charge is -2.19. The van der Waals surface area contributed by atoms with Crippen LogP contribution in [-0.2, 0) is 0 Å². The Bertz CT molecular complexity index is 340. The Morgan fingerprint density at radius 3 is 2.69 bits per heavy atom. The largest absolute Gasteiger partial charge is 0.390 e. The van der Waals surface area contributed by atoms with Gasteiger partial charge in [-0.25, -0.2) is 10.8 Å². The Labute approximate surface area is 91.2 Å². The van der Waals surface area contributed by atoms with Gasteiger partial charge in [-0.05, 0) is 12.1 Å². The summed E-state index contributed by atoms with van der Waals surface area (Å²) in [5.74, 6) is 6.01. The van der Waals surface area contributed by atoms with Crippen molar-refractivity contribution in [1.82, 2.24) is 4.98 Å². The highest BCUT2D eigenvalue weighted by atomic mass is 19.4. The van der Waals surface area contributed by atoms with Gasteiger partial charge in [-0.3, -0.25) is 0 Å². The van der Waals surface area contributed by atoms with Crippen LogP contribution >= 0.6 is 0 Å². The molecule has 1 rings (SSSR count). The highest BCUT2D eigenvalue weighted by Gasteiger charge is 2.27. The number of hydrogen-bond donors (Lipinski definition) is 2. The Kier molecular flexibility index (Phi) is 3.94. The average Bonchev–Trinajstić information content (AvgIpc) is 2.25. The number of nitrogens with zero attached hydrogens (tertiary/aromatic N) is 2. The molecule has 0 spiro atoms. The number of anilines is 2. The number of alkyl halides is 3. The number of hydrogen-bond acceptors (Lipinski definition) is 4. The summed E-state index contributed by atoms with van der Waals surface area (Å²) in [5.41, 5.74) is 2.33. The fourth-order valence-electron chi connectivity index (χ4n) is 1.13. The van der Waals surface area contributed by atoms with Crippen LogP contribution in [0.4, 0.5) is 24.8 Å². The van der Waals surface area contributed by atoms with E-state index in [4.69, 9.17) is 5.84 Å². The molecule has 0 saturated heterocycles. The van der Waals surface area contributed by atoms with Gasteiger partial charge in [0, 0.05) is 13.6 Å². The lowest BCUT2D eigenvalue weighted by Crippen LogP contribution is -2.25. The second-order valence-electron chi connectivity index (χ2n) is 3.31. The van der Waals surface area contributed by atoms with Crippen molar-refractivity contribution >= 4 is 11.6 Å². The summed E-state index contributed by atoms with van der Waals surface area (Å²) in [6.07, 6.45) is -5.02. The third kappa shape index (κ3) is 3.93. The molecule has 4 nitrogen and oxygen atoms in total. The zero-order chi connectivity index (χ0) is 12.2. The van der Waals surface area contributed by atoms with Gasteiger partial charge in [0.2, 0.25) is 0 Å². The summed E-state index contributed by atoms with van der Waals surface area (Å²) in [6, 6.07) is 4.92. The molecule has 0 aliphatic rings. The van der Waals surface area contributed by atoms with E-state index < -0.39 is 12.6 Å². The lowest BCUT2D eigenvalue weighted by molar-refractivity contribution is -0.132. The monoisotopic (exact) mass is 234 g/mol. The molecule has 7 heteroatoms. The van der Waals surface area contributed by atoms with Crippen LogP contribution in [0.5, 0.6) is 0 Å². The number of pyridine rings is 1. The molecule has 0 bridgehead atoms. The molecule has 0 saturated carbocycles. The number of hydrazine groups is 1. The zero-order valence-electron chi connectivity index (χ0n) is 8.75. The number of nitrogens with one attached hydrogen (secondary N) is 1. The number of rotatable bonds is 4. The molecule has 1 aromatic heterocycles. The third-order valence-corrected chi connectivity index (χ3v) is 2.00.